The van der Waals surface area contributed by atoms with Gasteiger partial charge in [-0.05, 0) is 12.6 Å². The Hall–Kier alpha value is -1.30. The van der Waals surface area contributed by atoms with Crippen molar-refractivity contribution in [1.29, 1.82) is 0 Å². The van der Waals surface area contributed by atoms with Gasteiger partial charge in [0, 0.05) is 12.6 Å². The smallest absolute Gasteiger partial charge is 0.272 e. The zero-order valence-electron chi connectivity index (χ0n) is 8.41. The van der Waals surface area contributed by atoms with Gasteiger partial charge in [-0.15, -0.1) is 5.10 Å². The summed E-state index contributed by atoms with van der Waals surface area (Å²) in [7, 11) is 0. The molecule has 0 saturated heterocycles. The van der Waals surface area contributed by atoms with E-state index in [0.29, 0.717) is 6.54 Å². The molecular formula is C9H13F2N3O. The third kappa shape index (κ3) is 4.64. The van der Waals surface area contributed by atoms with Crippen LogP contribution in [0.2, 0.25) is 0 Å². The number of hydrogen-bond donors (Lipinski definition) is 1. The summed E-state index contributed by atoms with van der Waals surface area (Å²) in [5.74, 6) is 0.121. The highest BCUT2D eigenvalue weighted by molar-refractivity contribution is 5.11. The van der Waals surface area contributed by atoms with Crippen LogP contribution in [0.3, 0.4) is 0 Å². The van der Waals surface area contributed by atoms with Gasteiger partial charge in [-0.25, -0.2) is 8.78 Å². The molecule has 84 valence electrons. The second-order valence-electron chi connectivity index (χ2n) is 2.85. The minimum Gasteiger partial charge on any atom is -0.471 e. The molecule has 6 heteroatoms. The van der Waals surface area contributed by atoms with E-state index < -0.39 is 13.0 Å². The SMILES string of the molecule is CCNCc1ccc(OCC(F)F)nn1. The topological polar surface area (TPSA) is 47.0 Å². The first-order chi connectivity index (χ1) is 7.22. The van der Waals surface area contributed by atoms with Crippen molar-refractivity contribution in [3.63, 3.8) is 0 Å². The zero-order valence-corrected chi connectivity index (χ0v) is 8.41. The average Bonchev–Trinajstić information content (AvgIpc) is 2.25. The van der Waals surface area contributed by atoms with Gasteiger partial charge in [-0.3, -0.25) is 0 Å². The minimum absolute atomic E-state index is 0.121. The van der Waals surface area contributed by atoms with Gasteiger partial charge in [0.15, 0.2) is 6.61 Å². The molecular weight excluding hydrogens is 204 g/mol. The fraction of sp³-hybridized carbons (Fsp3) is 0.556. The molecule has 0 atom stereocenters. The third-order valence-corrected chi connectivity index (χ3v) is 1.61. The number of rotatable bonds is 6. The molecule has 15 heavy (non-hydrogen) atoms. The Bertz CT molecular complexity index is 279. The Morgan fingerprint density at radius 3 is 2.73 bits per heavy atom. The zero-order chi connectivity index (χ0) is 11.1. The van der Waals surface area contributed by atoms with Crippen LogP contribution in [0.15, 0.2) is 12.1 Å². The summed E-state index contributed by atoms with van der Waals surface area (Å²) in [4.78, 5) is 0. The molecule has 0 aliphatic heterocycles. The predicted octanol–water partition coefficient (Wildman–Crippen LogP) is 1.23. The second-order valence-corrected chi connectivity index (χ2v) is 2.85. The fourth-order valence-corrected chi connectivity index (χ4v) is 0.920. The molecule has 1 aromatic rings. The van der Waals surface area contributed by atoms with Crippen LogP contribution in [-0.4, -0.2) is 29.8 Å². The molecule has 1 heterocycles. The van der Waals surface area contributed by atoms with Crippen LogP contribution in [0.5, 0.6) is 5.88 Å². The van der Waals surface area contributed by atoms with Crippen molar-refractivity contribution in [3.8, 4) is 5.88 Å². The standard InChI is InChI=1S/C9H13F2N3O/c1-2-12-5-7-3-4-9(14-13-7)15-6-8(10)11/h3-4,8,12H,2,5-6H2,1H3. The molecule has 0 radical (unpaired) electrons. The van der Waals surface area contributed by atoms with Gasteiger partial charge in [0.2, 0.25) is 5.88 Å². The largest absolute Gasteiger partial charge is 0.471 e. The highest BCUT2D eigenvalue weighted by atomic mass is 19.3. The Kier molecular flexibility index (Phi) is 4.89. The number of alkyl halides is 2. The normalized spacial score (nSPS) is 10.7. The number of hydrogen-bond acceptors (Lipinski definition) is 4. The average molecular weight is 217 g/mol. The van der Waals surface area contributed by atoms with E-state index in [-0.39, 0.29) is 5.88 Å². The monoisotopic (exact) mass is 217 g/mol. The van der Waals surface area contributed by atoms with Crippen molar-refractivity contribution in [2.75, 3.05) is 13.2 Å². The first-order valence-electron chi connectivity index (χ1n) is 4.66. The second kappa shape index (κ2) is 6.23. The van der Waals surface area contributed by atoms with Crippen molar-refractivity contribution < 1.29 is 13.5 Å². The van der Waals surface area contributed by atoms with E-state index in [2.05, 4.69) is 20.3 Å². The van der Waals surface area contributed by atoms with Gasteiger partial charge in [0.1, 0.15) is 0 Å². The summed E-state index contributed by atoms with van der Waals surface area (Å²) in [6.45, 7) is 2.78. The van der Waals surface area contributed by atoms with Gasteiger partial charge in [0.05, 0.1) is 5.69 Å². The van der Waals surface area contributed by atoms with Gasteiger partial charge in [-0.2, -0.15) is 5.10 Å². The van der Waals surface area contributed by atoms with E-state index in [1.165, 1.54) is 6.07 Å². The molecule has 0 aromatic carbocycles. The van der Waals surface area contributed by atoms with E-state index in [1.807, 2.05) is 6.92 Å². The Morgan fingerprint density at radius 1 is 1.40 bits per heavy atom. The van der Waals surface area contributed by atoms with E-state index in [9.17, 15) is 8.78 Å². The number of ether oxygens (including phenoxy) is 1. The molecule has 0 amide bonds. The maximum atomic E-state index is 11.8. The highest BCUT2D eigenvalue weighted by Crippen LogP contribution is 2.06. The first kappa shape index (κ1) is 11.8. The van der Waals surface area contributed by atoms with Crippen LogP contribution < -0.4 is 10.1 Å². The minimum atomic E-state index is -2.49. The van der Waals surface area contributed by atoms with Gasteiger partial charge >= 0.3 is 0 Å². The van der Waals surface area contributed by atoms with Crippen LogP contribution in [0.4, 0.5) is 8.78 Å². The summed E-state index contributed by atoms with van der Waals surface area (Å²) >= 11 is 0. The lowest BCUT2D eigenvalue weighted by Gasteiger charge is -2.04. The molecule has 0 bridgehead atoms. The molecule has 4 nitrogen and oxygen atoms in total. The van der Waals surface area contributed by atoms with Crippen LogP contribution in [0, 0.1) is 0 Å². The summed E-state index contributed by atoms with van der Waals surface area (Å²) in [6.07, 6.45) is -2.49. The summed E-state index contributed by atoms with van der Waals surface area (Å²) < 4.78 is 28.2. The lowest BCUT2D eigenvalue weighted by atomic mass is 10.4. The van der Waals surface area contributed by atoms with E-state index in [0.717, 1.165) is 12.2 Å². The fourth-order valence-electron chi connectivity index (χ4n) is 0.920. The van der Waals surface area contributed by atoms with Crippen LogP contribution in [0.1, 0.15) is 12.6 Å². The molecule has 0 saturated carbocycles. The maximum absolute atomic E-state index is 11.8. The lowest BCUT2D eigenvalue weighted by Crippen LogP contribution is -2.14. The van der Waals surface area contributed by atoms with Crippen molar-refractivity contribution in [1.82, 2.24) is 15.5 Å². The number of nitrogens with one attached hydrogen (secondary N) is 1. The van der Waals surface area contributed by atoms with Gasteiger partial charge < -0.3 is 10.1 Å². The van der Waals surface area contributed by atoms with Crippen molar-refractivity contribution >= 4 is 0 Å². The molecule has 0 fully saturated rings. The molecule has 0 unspecified atom stereocenters. The molecule has 0 aliphatic carbocycles. The van der Waals surface area contributed by atoms with Gasteiger partial charge in [-0.1, -0.05) is 6.92 Å². The lowest BCUT2D eigenvalue weighted by molar-refractivity contribution is 0.0790. The Morgan fingerprint density at radius 2 is 2.20 bits per heavy atom. The van der Waals surface area contributed by atoms with Crippen molar-refractivity contribution in [2.24, 2.45) is 0 Å². The van der Waals surface area contributed by atoms with E-state index in [4.69, 9.17) is 0 Å². The molecule has 0 spiro atoms. The Balaban J connectivity index is 2.41. The van der Waals surface area contributed by atoms with E-state index in [1.54, 1.807) is 6.07 Å². The third-order valence-electron chi connectivity index (χ3n) is 1.61. The quantitative estimate of drug-likeness (QED) is 0.778. The summed E-state index contributed by atoms with van der Waals surface area (Å²) in [5.41, 5.74) is 0.751. The van der Waals surface area contributed by atoms with E-state index >= 15 is 0 Å². The summed E-state index contributed by atoms with van der Waals surface area (Å²) in [6, 6.07) is 3.22. The van der Waals surface area contributed by atoms with Crippen LogP contribution >= 0.6 is 0 Å². The maximum Gasteiger partial charge on any atom is 0.272 e. The summed E-state index contributed by atoms with van der Waals surface area (Å²) in [5, 5.41) is 10.5. The van der Waals surface area contributed by atoms with Crippen molar-refractivity contribution in [3.05, 3.63) is 17.8 Å². The molecule has 1 N–H and O–H groups in total. The number of aromatic nitrogens is 2. The Labute approximate surface area is 86.7 Å². The number of halogens is 2. The van der Waals surface area contributed by atoms with Crippen LogP contribution in [-0.2, 0) is 6.54 Å². The molecule has 0 aliphatic rings. The highest BCUT2D eigenvalue weighted by Gasteiger charge is 2.04. The number of nitrogens with zero attached hydrogens (tertiary/aromatic N) is 2. The molecule has 1 rings (SSSR count). The molecule has 1 aromatic heterocycles. The van der Waals surface area contributed by atoms with Gasteiger partial charge in [0.25, 0.3) is 6.43 Å². The first-order valence-corrected chi connectivity index (χ1v) is 4.66. The van der Waals surface area contributed by atoms with Crippen LogP contribution in [0.25, 0.3) is 0 Å². The predicted molar refractivity (Wildman–Crippen MR) is 50.9 cm³/mol. The van der Waals surface area contributed by atoms with Crippen molar-refractivity contribution in [2.45, 2.75) is 19.9 Å².